The third kappa shape index (κ3) is 3.98. The summed E-state index contributed by atoms with van der Waals surface area (Å²) < 4.78 is 0. The molecule has 0 aliphatic heterocycles. The Hall–Kier alpha value is -1.53. The van der Waals surface area contributed by atoms with Crippen LogP contribution >= 0.6 is 11.3 Å². The lowest BCUT2D eigenvalue weighted by atomic mass is 10.1. The Morgan fingerprint density at radius 3 is 2.75 bits per heavy atom. The molecule has 0 saturated carbocycles. The van der Waals surface area contributed by atoms with E-state index in [2.05, 4.69) is 41.3 Å². The lowest BCUT2D eigenvalue weighted by Gasteiger charge is -2.19. The molecule has 2 rings (SSSR count). The van der Waals surface area contributed by atoms with Crippen molar-refractivity contribution in [2.75, 3.05) is 6.54 Å². The van der Waals surface area contributed by atoms with E-state index in [1.807, 2.05) is 6.92 Å². The first kappa shape index (κ1) is 14.9. The van der Waals surface area contributed by atoms with Crippen molar-refractivity contribution in [3.8, 4) is 10.6 Å². The van der Waals surface area contributed by atoms with Gasteiger partial charge in [-0.25, -0.2) is 0 Å². The number of aryl methyl sites for hydroxylation is 1. The highest BCUT2D eigenvalue weighted by atomic mass is 32.1. The average Bonchev–Trinajstić information content (AvgIpc) is 2.75. The Labute approximate surface area is 122 Å². The minimum Gasteiger partial charge on any atom is -0.364 e. The molecule has 6 heteroatoms. The molecule has 0 unspecified atom stereocenters. The van der Waals surface area contributed by atoms with E-state index >= 15 is 0 Å². The van der Waals surface area contributed by atoms with Crippen LogP contribution in [-0.2, 0) is 6.42 Å². The number of H-pyrrole nitrogens is 1. The maximum Gasteiger partial charge on any atom is 0.192 e. The zero-order chi connectivity index (χ0) is 14.8. The second-order valence-electron chi connectivity index (χ2n) is 5.82. The highest BCUT2D eigenvalue weighted by molar-refractivity contribution is 7.14. The van der Waals surface area contributed by atoms with Crippen molar-refractivity contribution in [1.29, 1.82) is 0 Å². The summed E-state index contributed by atoms with van der Waals surface area (Å²) in [5.74, 6) is 0. The number of hydrogen-bond acceptors (Lipinski definition) is 5. The Balaban J connectivity index is 2.07. The van der Waals surface area contributed by atoms with Crippen molar-refractivity contribution in [2.24, 2.45) is 0 Å². The van der Waals surface area contributed by atoms with Gasteiger partial charge in [-0.15, -0.1) is 10.2 Å². The lowest BCUT2D eigenvalue weighted by Crippen LogP contribution is -2.37. The first-order valence-corrected chi connectivity index (χ1v) is 7.44. The molecule has 0 aromatic carbocycles. The van der Waals surface area contributed by atoms with Crippen molar-refractivity contribution in [1.82, 2.24) is 20.5 Å². The van der Waals surface area contributed by atoms with Gasteiger partial charge in [0.05, 0.1) is 5.56 Å². The smallest absolute Gasteiger partial charge is 0.192 e. The van der Waals surface area contributed by atoms with E-state index in [-0.39, 0.29) is 11.0 Å². The highest BCUT2D eigenvalue weighted by Gasteiger charge is 2.12. The average molecular weight is 292 g/mol. The first-order valence-electron chi connectivity index (χ1n) is 6.62. The number of nitrogens with zero attached hydrogens (tertiary/aromatic N) is 2. The number of hydrogen-bond donors (Lipinski definition) is 2. The largest absolute Gasteiger partial charge is 0.364 e. The molecule has 0 atom stereocenters. The molecule has 0 spiro atoms. The maximum atomic E-state index is 11.9. The monoisotopic (exact) mass is 292 g/mol. The molecule has 5 nitrogen and oxygen atoms in total. The SMILES string of the molecule is Cc1cc(=O)c(-c2nnc(CCNC(C)(C)C)s2)c[nH]1. The van der Waals surface area contributed by atoms with Crippen LogP contribution in [0, 0.1) is 6.92 Å². The van der Waals surface area contributed by atoms with Crippen LogP contribution in [0.15, 0.2) is 17.1 Å². The van der Waals surface area contributed by atoms with Gasteiger partial charge >= 0.3 is 0 Å². The molecular formula is C14H20N4OS. The van der Waals surface area contributed by atoms with Crippen LogP contribution < -0.4 is 10.7 Å². The van der Waals surface area contributed by atoms with Gasteiger partial charge in [0.15, 0.2) is 10.4 Å². The van der Waals surface area contributed by atoms with E-state index in [1.165, 1.54) is 11.3 Å². The molecule has 108 valence electrons. The number of pyridine rings is 1. The maximum absolute atomic E-state index is 11.9. The predicted molar refractivity (Wildman–Crippen MR) is 82.2 cm³/mol. The second-order valence-corrected chi connectivity index (χ2v) is 6.88. The van der Waals surface area contributed by atoms with E-state index in [9.17, 15) is 4.79 Å². The molecule has 0 bridgehead atoms. The van der Waals surface area contributed by atoms with Gasteiger partial charge in [-0.1, -0.05) is 11.3 Å². The summed E-state index contributed by atoms with van der Waals surface area (Å²) in [4.78, 5) is 14.9. The topological polar surface area (TPSA) is 70.7 Å². The van der Waals surface area contributed by atoms with Crippen LogP contribution in [0.1, 0.15) is 31.5 Å². The fourth-order valence-electron chi connectivity index (χ4n) is 1.75. The zero-order valence-electron chi connectivity index (χ0n) is 12.3. The van der Waals surface area contributed by atoms with Gasteiger partial charge in [0, 0.05) is 36.5 Å². The van der Waals surface area contributed by atoms with E-state index in [0.717, 1.165) is 23.7 Å². The van der Waals surface area contributed by atoms with Crippen molar-refractivity contribution in [3.63, 3.8) is 0 Å². The van der Waals surface area contributed by atoms with E-state index in [0.29, 0.717) is 10.6 Å². The zero-order valence-corrected chi connectivity index (χ0v) is 13.1. The highest BCUT2D eigenvalue weighted by Crippen LogP contribution is 2.20. The number of aromatic nitrogens is 3. The predicted octanol–water partition coefficient (Wildman–Crippen LogP) is 2.13. The molecule has 0 saturated heterocycles. The van der Waals surface area contributed by atoms with Gasteiger partial charge in [0.25, 0.3) is 0 Å². The summed E-state index contributed by atoms with van der Waals surface area (Å²) >= 11 is 1.47. The second kappa shape index (κ2) is 5.85. The molecular weight excluding hydrogens is 272 g/mol. The summed E-state index contributed by atoms with van der Waals surface area (Å²) in [6.45, 7) is 9.09. The Kier molecular flexibility index (Phi) is 4.35. The fourth-order valence-corrected chi connectivity index (χ4v) is 2.61. The molecule has 2 N–H and O–H groups in total. The van der Waals surface area contributed by atoms with Crippen LogP contribution in [-0.4, -0.2) is 27.3 Å². The third-order valence-corrected chi connectivity index (χ3v) is 3.76. The number of rotatable bonds is 4. The fraction of sp³-hybridized carbons (Fsp3) is 0.500. The van der Waals surface area contributed by atoms with Crippen LogP contribution in [0.4, 0.5) is 0 Å². The molecule has 2 aromatic rings. The van der Waals surface area contributed by atoms with Crippen molar-refractivity contribution < 1.29 is 0 Å². The molecule has 0 fully saturated rings. The van der Waals surface area contributed by atoms with Crippen molar-refractivity contribution in [2.45, 2.75) is 39.7 Å². The molecule has 0 aliphatic rings. The number of nitrogens with one attached hydrogen (secondary N) is 2. The summed E-state index contributed by atoms with van der Waals surface area (Å²) in [6.07, 6.45) is 2.52. The lowest BCUT2D eigenvalue weighted by molar-refractivity contribution is 0.429. The standard InChI is InChI=1S/C14H20N4OS/c1-9-7-11(19)10(8-15-9)13-18-17-12(20-13)5-6-16-14(2,3)4/h7-8,16H,5-6H2,1-4H3,(H,15,19). The quantitative estimate of drug-likeness (QED) is 0.905. The van der Waals surface area contributed by atoms with Crippen molar-refractivity contribution >= 4 is 11.3 Å². The van der Waals surface area contributed by atoms with Crippen LogP contribution in [0.3, 0.4) is 0 Å². The molecule has 2 aromatic heterocycles. The van der Waals surface area contributed by atoms with Crippen LogP contribution in [0.2, 0.25) is 0 Å². The summed E-state index contributed by atoms with van der Waals surface area (Å²) in [5, 5.41) is 13.3. The van der Waals surface area contributed by atoms with E-state index < -0.39 is 0 Å². The van der Waals surface area contributed by atoms with Gasteiger partial charge < -0.3 is 10.3 Å². The Bertz CT molecular complexity index is 639. The van der Waals surface area contributed by atoms with Gasteiger partial charge in [-0.3, -0.25) is 4.79 Å². The summed E-state index contributed by atoms with van der Waals surface area (Å²) in [6, 6.07) is 1.58. The molecule has 20 heavy (non-hydrogen) atoms. The molecule has 0 radical (unpaired) electrons. The third-order valence-electron chi connectivity index (χ3n) is 2.75. The van der Waals surface area contributed by atoms with Gasteiger partial charge in [0.2, 0.25) is 0 Å². The summed E-state index contributed by atoms with van der Waals surface area (Å²) in [5.41, 5.74) is 1.51. The molecule has 0 amide bonds. The molecule has 2 heterocycles. The summed E-state index contributed by atoms with van der Waals surface area (Å²) in [7, 11) is 0. The van der Waals surface area contributed by atoms with E-state index in [4.69, 9.17) is 0 Å². The van der Waals surface area contributed by atoms with Crippen LogP contribution in [0.5, 0.6) is 0 Å². The van der Waals surface area contributed by atoms with Gasteiger partial charge in [-0.2, -0.15) is 0 Å². The minimum atomic E-state index is -0.0169. The van der Waals surface area contributed by atoms with Crippen LogP contribution in [0.25, 0.3) is 10.6 Å². The molecule has 0 aliphatic carbocycles. The Morgan fingerprint density at radius 2 is 2.10 bits per heavy atom. The normalized spacial score (nSPS) is 11.8. The minimum absolute atomic E-state index is 0.0169. The van der Waals surface area contributed by atoms with Gasteiger partial charge in [0.1, 0.15) is 5.01 Å². The number of aromatic amines is 1. The van der Waals surface area contributed by atoms with Crippen molar-refractivity contribution in [3.05, 3.63) is 33.2 Å². The van der Waals surface area contributed by atoms with Gasteiger partial charge in [-0.05, 0) is 27.7 Å². The Morgan fingerprint density at radius 1 is 1.35 bits per heavy atom. The first-order chi connectivity index (χ1) is 9.35. The van der Waals surface area contributed by atoms with E-state index in [1.54, 1.807) is 12.3 Å².